The molecule has 0 bridgehead atoms. The zero-order chi connectivity index (χ0) is 17.0. The summed E-state index contributed by atoms with van der Waals surface area (Å²) in [6, 6.07) is 4.90. The monoisotopic (exact) mass is 381 g/mol. The number of aromatic hydroxyl groups is 1. The molecule has 0 unspecified atom stereocenters. The minimum atomic E-state index is -0.604. The van der Waals surface area contributed by atoms with Crippen LogP contribution >= 0.6 is 15.9 Å². The number of nitro benzene ring substituents is 1. The zero-order valence-corrected chi connectivity index (χ0v) is 12.8. The van der Waals surface area contributed by atoms with Crippen LogP contribution in [0.25, 0.3) is 0 Å². The van der Waals surface area contributed by atoms with Gasteiger partial charge in [0.15, 0.2) is 0 Å². The van der Waals surface area contributed by atoms with Crippen LogP contribution in [0.5, 0.6) is 5.75 Å². The molecule has 0 atom stereocenters. The Balaban J connectivity index is 2.17. The van der Waals surface area contributed by atoms with Crippen molar-refractivity contribution in [1.82, 2.24) is 4.98 Å². The number of hydrogen-bond acceptors (Lipinski definition) is 8. The van der Waals surface area contributed by atoms with Crippen LogP contribution in [0.2, 0.25) is 0 Å². The van der Waals surface area contributed by atoms with Gasteiger partial charge in [-0.25, -0.2) is 4.98 Å². The van der Waals surface area contributed by atoms with Gasteiger partial charge in [-0.1, -0.05) is 0 Å². The minimum absolute atomic E-state index is 0.112. The fourth-order valence-corrected chi connectivity index (χ4v) is 2.00. The van der Waals surface area contributed by atoms with Crippen LogP contribution in [0.1, 0.15) is 5.56 Å². The Morgan fingerprint density at radius 2 is 1.91 bits per heavy atom. The lowest BCUT2D eigenvalue weighted by molar-refractivity contribution is -0.385. The van der Waals surface area contributed by atoms with E-state index in [-0.39, 0.29) is 33.0 Å². The summed E-state index contributed by atoms with van der Waals surface area (Å²) >= 11 is 3.01. The van der Waals surface area contributed by atoms with Gasteiger partial charge < -0.3 is 5.11 Å². The minimum Gasteiger partial charge on any atom is -0.506 e. The Hall–Kier alpha value is -3.08. The van der Waals surface area contributed by atoms with Gasteiger partial charge >= 0.3 is 0 Å². The summed E-state index contributed by atoms with van der Waals surface area (Å²) in [7, 11) is 0. The molecule has 0 fully saturated rings. The summed E-state index contributed by atoms with van der Waals surface area (Å²) in [5.74, 6) is 0.0219. The number of nitrogens with one attached hydrogen (secondary N) is 1. The average molecular weight is 382 g/mol. The normalized spacial score (nSPS) is 10.7. The molecule has 118 valence electrons. The number of anilines is 1. The molecule has 0 spiro atoms. The van der Waals surface area contributed by atoms with E-state index in [0.717, 1.165) is 24.5 Å². The van der Waals surface area contributed by atoms with Crippen LogP contribution in [-0.4, -0.2) is 26.2 Å². The molecule has 11 heteroatoms. The Labute approximate surface area is 136 Å². The second kappa shape index (κ2) is 6.79. The highest BCUT2D eigenvalue weighted by Crippen LogP contribution is 2.31. The maximum absolute atomic E-state index is 10.8. The van der Waals surface area contributed by atoms with Crippen molar-refractivity contribution in [2.24, 2.45) is 5.10 Å². The van der Waals surface area contributed by atoms with Gasteiger partial charge in [0.25, 0.3) is 11.4 Å². The molecule has 0 saturated carbocycles. The van der Waals surface area contributed by atoms with E-state index in [1.54, 1.807) is 0 Å². The number of rotatable bonds is 5. The number of hydrogen-bond donors (Lipinski definition) is 2. The third-order valence-electron chi connectivity index (χ3n) is 2.63. The third kappa shape index (κ3) is 3.97. The van der Waals surface area contributed by atoms with Gasteiger partial charge in [-0.05, 0) is 22.0 Å². The largest absolute Gasteiger partial charge is 0.506 e. The molecule has 0 aliphatic carbocycles. The van der Waals surface area contributed by atoms with Gasteiger partial charge in [-0.3, -0.25) is 25.7 Å². The van der Waals surface area contributed by atoms with Gasteiger partial charge in [0, 0.05) is 23.8 Å². The molecule has 0 radical (unpaired) electrons. The number of benzene rings is 1. The predicted octanol–water partition coefficient (Wildman–Crippen LogP) is 2.81. The summed E-state index contributed by atoms with van der Waals surface area (Å²) in [5.41, 5.74) is 2.22. The van der Waals surface area contributed by atoms with Crippen molar-refractivity contribution in [3.05, 3.63) is 60.7 Å². The Morgan fingerprint density at radius 3 is 2.48 bits per heavy atom. The van der Waals surface area contributed by atoms with E-state index in [1.807, 2.05) is 0 Å². The van der Waals surface area contributed by atoms with Crippen molar-refractivity contribution >= 4 is 39.3 Å². The molecule has 10 nitrogen and oxygen atoms in total. The van der Waals surface area contributed by atoms with E-state index >= 15 is 0 Å². The summed E-state index contributed by atoms with van der Waals surface area (Å²) in [5, 5.41) is 34.9. The smallest absolute Gasteiger partial charge is 0.287 e. The Kier molecular flexibility index (Phi) is 4.81. The Bertz CT molecular complexity index is 793. The van der Waals surface area contributed by atoms with E-state index in [9.17, 15) is 25.3 Å². The first-order valence-corrected chi connectivity index (χ1v) is 6.74. The zero-order valence-electron chi connectivity index (χ0n) is 11.2. The fourth-order valence-electron chi connectivity index (χ4n) is 1.54. The van der Waals surface area contributed by atoms with Crippen LogP contribution in [0.15, 0.2) is 40.0 Å². The van der Waals surface area contributed by atoms with Gasteiger partial charge in [0.1, 0.15) is 17.8 Å². The highest BCUT2D eigenvalue weighted by Gasteiger charge is 2.13. The van der Waals surface area contributed by atoms with Gasteiger partial charge in [-0.2, -0.15) is 5.10 Å². The first kappa shape index (κ1) is 16.3. The van der Waals surface area contributed by atoms with E-state index in [2.05, 4.69) is 31.4 Å². The molecular formula is C12H8BrN5O5. The van der Waals surface area contributed by atoms with Crippen molar-refractivity contribution in [2.45, 2.75) is 0 Å². The van der Waals surface area contributed by atoms with Crippen molar-refractivity contribution in [3.8, 4) is 5.75 Å². The van der Waals surface area contributed by atoms with E-state index in [1.165, 1.54) is 12.1 Å². The topological polar surface area (TPSA) is 144 Å². The quantitative estimate of drug-likeness (QED) is 0.460. The van der Waals surface area contributed by atoms with E-state index in [4.69, 9.17) is 0 Å². The van der Waals surface area contributed by atoms with Crippen molar-refractivity contribution in [3.63, 3.8) is 0 Å². The van der Waals surface area contributed by atoms with Crippen LogP contribution in [0.4, 0.5) is 17.2 Å². The number of phenols is 1. The number of nitro groups is 2. The molecule has 2 rings (SSSR count). The number of aromatic nitrogens is 1. The first-order valence-electron chi connectivity index (χ1n) is 5.95. The van der Waals surface area contributed by atoms with Gasteiger partial charge in [0.05, 0.1) is 20.5 Å². The highest BCUT2D eigenvalue weighted by atomic mass is 79.9. The average Bonchev–Trinajstić information content (AvgIpc) is 2.51. The number of halogens is 1. The molecule has 23 heavy (non-hydrogen) atoms. The Morgan fingerprint density at radius 1 is 1.22 bits per heavy atom. The van der Waals surface area contributed by atoms with Crippen LogP contribution < -0.4 is 5.43 Å². The lowest BCUT2D eigenvalue weighted by Gasteiger charge is -2.02. The molecule has 0 amide bonds. The van der Waals surface area contributed by atoms with Crippen LogP contribution in [0.3, 0.4) is 0 Å². The lowest BCUT2D eigenvalue weighted by Crippen LogP contribution is -1.96. The third-order valence-corrected chi connectivity index (χ3v) is 3.23. The predicted molar refractivity (Wildman–Crippen MR) is 84.6 cm³/mol. The summed E-state index contributed by atoms with van der Waals surface area (Å²) < 4.78 is 0.154. The fraction of sp³-hybridized carbons (Fsp3) is 0. The molecule has 2 aromatic rings. The second-order valence-electron chi connectivity index (χ2n) is 4.15. The number of phenolic OH excluding ortho intramolecular Hbond substituents is 1. The molecule has 0 aliphatic heterocycles. The second-order valence-corrected chi connectivity index (χ2v) is 5.01. The number of nitrogens with zero attached hydrogens (tertiary/aromatic N) is 4. The van der Waals surface area contributed by atoms with E-state index < -0.39 is 9.85 Å². The van der Waals surface area contributed by atoms with Crippen molar-refractivity contribution in [1.29, 1.82) is 0 Å². The molecule has 1 aromatic carbocycles. The summed E-state index contributed by atoms with van der Waals surface area (Å²) in [4.78, 5) is 23.9. The molecular weight excluding hydrogens is 374 g/mol. The molecule has 1 aromatic heterocycles. The van der Waals surface area contributed by atoms with Crippen LogP contribution in [-0.2, 0) is 0 Å². The standard InChI is InChI=1S/C12H8BrN5O5/c13-10-4-9(18(22)23)3-7(12(10)19)5-15-16-11-2-1-8(6-14-11)17(20)21/h1-6,19H,(H,14,16)/b15-5+. The van der Waals surface area contributed by atoms with E-state index in [0.29, 0.717) is 0 Å². The maximum atomic E-state index is 10.8. The summed E-state index contributed by atoms with van der Waals surface area (Å²) in [6.45, 7) is 0. The number of pyridine rings is 1. The van der Waals surface area contributed by atoms with Gasteiger partial charge in [0.2, 0.25) is 0 Å². The SMILES string of the molecule is O=[N+]([O-])c1ccc(N/N=C/c2cc([N+](=O)[O-])cc(Br)c2O)nc1. The summed E-state index contributed by atoms with van der Waals surface area (Å²) in [6.07, 6.45) is 2.22. The highest BCUT2D eigenvalue weighted by molar-refractivity contribution is 9.10. The number of hydrazone groups is 1. The number of non-ortho nitro benzene ring substituents is 1. The first-order chi connectivity index (χ1) is 10.9. The molecule has 2 N–H and O–H groups in total. The van der Waals surface area contributed by atoms with Crippen LogP contribution in [0, 0.1) is 20.2 Å². The molecule has 1 heterocycles. The van der Waals surface area contributed by atoms with Crippen molar-refractivity contribution < 1.29 is 15.0 Å². The maximum Gasteiger partial charge on any atom is 0.287 e. The molecule has 0 saturated heterocycles. The lowest BCUT2D eigenvalue weighted by atomic mass is 10.2. The molecule has 0 aliphatic rings. The van der Waals surface area contributed by atoms with Crippen molar-refractivity contribution in [2.75, 3.05) is 5.43 Å². The van der Waals surface area contributed by atoms with Gasteiger partial charge in [-0.15, -0.1) is 0 Å².